The van der Waals surface area contributed by atoms with Crippen molar-refractivity contribution < 1.29 is 4.74 Å². The number of aromatic amines is 1. The van der Waals surface area contributed by atoms with Gasteiger partial charge in [-0.1, -0.05) is 0 Å². The second-order valence-electron chi connectivity index (χ2n) is 3.26. The highest BCUT2D eigenvalue weighted by Gasteiger charge is 1.97. The number of nitrogens with one attached hydrogen (secondary N) is 1. The van der Waals surface area contributed by atoms with Crippen molar-refractivity contribution in [2.75, 3.05) is 5.73 Å². The van der Waals surface area contributed by atoms with Gasteiger partial charge in [-0.25, -0.2) is 4.98 Å². The number of nitrogens with zero attached hydrogens (tertiary/aromatic N) is 1. The molecule has 3 N–H and O–H groups in total. The topological polar surface area (TPSA) is 81.0 Å². The third-order valence-electron chi connectivity index (χ3n) is 2.00. The van der Waals surface area contributed by atoms with Gasteiger partial charge in [0, 0.05) is 11.8 Å². The van der Waals surface area contributed by atoms with Crippen molar-refractivity contribution in [1.29, 1.82) is 0 Å². The molecule has 0 radical (unpaired) electrons. The van der Waals surface area contributed by atoms with Crippen molar-refractivity contribution in [3.63, 3.8) is 0 Å². The van der Waals surface area contributed by atoms with E-state index in [0.717, 1.165) is 0 Å². The van der Waals surface area contributed by atoms with Gasteiger partial charge >= 0.3 is 0 Å². The highest BCUT2D eigenvalue weighted by molar-refractivity contribution is 5.41. The van der Waals surface area contributed by atoms with Gasteiger partial charge in [0.2, 0.25) is 0 Å². The SMILES string of the molecule is Nc1ccc(OCc2cc(=O)[nH]cn2)cc1. The molecule has 16 heavy (non-hydrogen) atoms. The fraction of sp³-hybridized carbons (Fsp3) is 0.0909. The average molecular weight is 217 g/mol. The smallest absolute Gasteiger partial charge is 0.251 e. The van der Waals surface area contributed by atoms with E-state index < -0.39 is 0 Å². The zero-order valence-electron chi connectivity index (χ0n) is 8.51. The number of H-pyrrole nitrogens is 1. The number of anilines is 1. The Morgan fingerprint density at radius 2 is 2.06 bits per heavy atom. The first-order chi connectivity index (χ1) is 7.74. The Bertz CT molecular complexity index is 519. The first kappa shape index (κ1) is 10.2. The summed E-state index contributed by atoms with van der Waals surface area (Å²) in [6.45, 7) is 0.258. The molecule has 0 aliphatic rings. The Hall–Kier alpha value is -2.30. The number of aromatic nitrogens is 2. The summed E-state index contributed by atoms with van der Waals surface area (Å²) in [5.41, 5.74) is 6.62. The largest absolute Gasteiger partial charge is 0.487 e. The lowest BCUT2D eigenvalue weighted by Crippen LogP contribution is -2.08. The summed E-state index contributed by atoms with van der Waals surface area (Å²) < 4.78 is 5.43. The molecule has 5 heteroatoms. The molecular formula is C11H11N3O2. The molecule has 1 aromatic carbocycles. The molecule has 0 unspecified atom stereocenters. The summed E-state index contributed by atoms with van der Waals surface area (Å²) in [7, 11) is 0. The molecule has 0 aliphatic heterocycles. The van der Waals surface area contributed by atoms with Crippen LogP contribution in [0.1, 0.15) is 5.69 Å². The van der Waals surface area contributed by atoms with Crippen molar-refractivity contribution >= 4 is 5.69 Å². The van der Waals surface area contributed by atoms with Crippen LogP contribution in [0.5, 0.6) is 5.75 Å². The number of hydrogen-bond acceptors (Lipinski definition) is 4. The molecule has 5 nitrogen and oxygen atoms in total. The van der Waals surface area contributed by atoms with Crippen LogP contribution in [-0.4, -0.2) is 9.97 Å². The van der Waals surface area contributed by atoms with Crippen molar-refractivity contribution in [1.82, 2.24) is 9.97 Å². The maximum Gasteiger partial charge on any atom is 0.251 e. The first-order valence-electron chi connectivity index (χ1n) is 4.76. The van der Waals surface area contributed by atoms with E-state index in [2.05, 4.69) is 9.97 Å². The fourth-order valence-electron chi connectivity index (χ4n) is 1.21. The van der Waals surface area contributed by atoms with Crippen molar-refractivity contribution in [2.24, 2.45) is 0 Å². The van der Waals surface area contributed by atoms with E-state index >= 15 is 0 Å². The highest BCUT2D eigenvalue weighted by atomic mass is 16.5. The van der Waals surface area contributed by atoms with Gasteiger partial charge in [-0.2, -0.15) is 0 Å². The Balaban J connectivity index is 2.02. The van der Waals surface area contributed by atoms with Crippen LogP contribution in [0.3, 0.4) is 0 Å². The van der Waals surface area contributed by atoms with Crippen molar-refractivity contribution in [3.05, 3.63) is 52.7 Å². The van der Waals surface area contributed by atoms with Gasteiger partial charge in [0.25, 0.3) is 5.56 Å². The summed E-state index contributed by atoms with van der Waals surface area (Å²) in [5.74, 6) is 0.691. The monoisotopic (exact) mass is 217 g/mol. The molecule has 2 aromatic rings. The second-order valence-corrected chi connectivity index (χ2v) is 3.26. The molecule has 0 saturated heterocycles. The minimum absolute atomic E-state index is 0.189. The number of nitrogen functional groups attached to an aromatic ring is 1. The van der Waals surface area contributed by atoms with E-state index in [1.54, 1.807) is 24.3 Å². The Labute approximate surface area is 91.9 Å². The summed E-state index contributed by atoms with van der Waals surface area (Å²) in [6, 6.07) is 8.43. The normalized spacial score (nSPS) is 10.0. The lowest BCUT2D eigenvalue weighted by molar-refractivity contribution is 0.301. The molecule has 0 bridgehead atoms. The van der Waals surface area contributed by atoms with Crippen LogP contribution in [0.2, 0.25) is 0 Å². The maximum atomic E-state index is 11.0. The van der Waals surface area contributed by atoms with Crippen LogP contribution in [-0.2, 0) is 6.61 Å². The molecule has 2 rings (SSSR count). The second kappa shape index (κ2) is 4.48. The van der Waals surface area contributed by atoms with E-state index in [9.17, 15) is 4.79 Å². The minimum Gasteiger partial charge on any atom is -0.487 e. The average Bonchev–Trinajstić information content (AvgIpc) is 2.28. The molecule has 0 saturated carbocycles. The Morgan fingerprint density at radius 3 is 2.75 bits per heavy atom. The molecule has 0 amide bonds. The van der Waals surface area contributed by atoms with Gasteiger partial charge in [-0.3, -0.25) is 4.79 Å². The molecule has 0 spiro atoms. The quantitative estimate of drug-likeness (QED) is 0.749. The predicted octanol–water partition coefficient (Wildman–Crippen LogP) is 0.931. The predicted molar refractivity (Wildman–Crippen MR) is 60.0 cm³/mol. The zero-order chi connectivity index (χ0) is 11.4. The van der Waals surface area contributed by atoms with Crippen LogP contribution in [0, 0.1) is 0 Å². The lowest BCUT2D eigenvalue weighted by Gasteiger charge is -2.05. The van der Waals surface area contributed by atoms with E-state index in [1.807, 2.05) is 0 Å². The number of nitrogens with two attached hydrogens (primary N) is 1. The van der Waals surface area contributed by atoms with Gasteiger partial charge in [-0.05, 0) is 24.3 Å². The Morgan fingerprint density at radius 1 is 1.31 bits per heavy atom. The van der Waals surface area contributed by atoms with E-state index in [0.29, 0.717) is 17.1 Å². The maximum absolute atomic E-state index is 11.0. The summed E-state index contributed by atoms with van der Waals surface area (Å²) >= 11 is 0. The molecular weight excluding hydrogens is 206 g/mol. The van der Waals surface area contributed by atoms with Crippen LogP contribution in [0.4, 0.5) is 5.69 Å². The molecule has 1 heterocycles. The summed E-state index contributed by atoms with van der Waals surface area (Å²) in [5, 5.41) is 0. The number of hydrogen-bond donors (Lipinski definition) is 2. The molecule has 82 valence electrons. The van der Waals surface area contributed by atoms with E-state index in [1.165, 1.54) is 12.4 Å². The Kier molecular flexibility index (Phi) is 2.86. The standard InChI is InChI=1S/C11H11N3O2/c12-8-1-3-10(4-2-8)16-6-9-5-11(15)14-7-13-9/h1-5,7H,6,12H2,(H,13,14,15). The van der Waals surface area contributed by atoms with Gasteiger partial charge < -0.3 is 15.5 Å². The zero-order valence-corrected chi connectivity index (χ0v) is 8.51. The van der Waals surface area contributed by atoms with Gasteiger partial charge in [0.05, 0.1) is 12.0 Å². The number of ether oxygens (including phenoxy) is 1. The third kappa shape index (κ3) is 2.60. The minimum atomic E-state index is -0.189. The van der Waals surface area contributed by atoms with E-state index in [-0.39, 0.29) is 12.2 Å². The van der Waals surface area contributed by atoms with Crippen LogP contribution in [0.25, 0.3) is 0 Å². The molecule has 0 aliphatic carbocycles. The third-order valence-corrected chi connectivity index (χ3v) is 2.00. The molecule has 0 fully saturated rings. The summed E-state index contributed by atoms with van der Waals surface area (Å²) in [6.07, 6.45) is 1.35. The summed E-state index contributed by atoms with van der Waals surface area (Å²) in [4.78, 5) is 17.4. The van der Waals surface area contributed by atoms with Crippen LogP contribution in [0.15, 0.2) is 41.5 Å². The lowest BCUT2D eigenvalue weighted by atomic mass is 10.3. The van der Waals surface area contributed by atoms with Crippen molar-refractivity contribution in [3.8, 4) is 5.75 Å². The highest BCUT2D eigenvalue weighted by Crippen LogP contribution is 2.13. The first-order valence-corrected chi connectivity index (χ1v) is 4.76. The van der Waals surface area contributed by atoms with E-state index in [4.69, 9.17) is 10.5 Å². The van der Waals surface area contributed by atoms with Crippen LogP contribution < -0.4 is 16.0 Å². The van der Waals surface area contributed by atoms with Gasteiger partial charge in [0.1, 0.15) is 12.4 Å². The number of rotatable bonds is 3. The van der Waals surface area contributed by atoms with Crippen LogP contribution >= 0.6 is 0 Å². The fourth-order valence-corrected chi connectivity index (χ4v) is 1.21. The molecule has 1 aromatic heterocycles. The molecule has 0 atom stereocenters. The van der Waals surface area contributed by atoms with Gasteiger partial charge in [-0.15, -0.1) is 0 Å². The van der Waals surface area contributed by atoms with Crippen molar-refractivity contribution in [2.45, 2.75) is 6.61 Å². The number of benzene rings is 1. The van der Waals surface area contributed by atoms with Gasteiger partial charge in [0.15, 0.2) is 0 Å².